The van der Waals surface area contributed by atoms with Crippen molar-refractivity contribution < 1.29 is 0 Å². The van der Waals surface area contributed by atoms with Gasteiger partial charge in [0.1, 0.15) is 0 Å². The fraction of sp³-hybridized carbons (Fsp3) is 0.833. The lowest BCUT2D eigenvalue weighted by Gasteiger charge is -2.31. The van der Waals surface area contributed by atoms with Gasteiger partial charge in [0.05, 0.1) is 0 Å². The molecule has 13 heavy (non-hydrogen) atoms. The Bertz CT molecular complexity index is 198. The molecule has 0 unspecified atom stereocenters. The first-order valence-corrected chi connectivity index (χ1v) is 5.55. The molecule has 0 N–H and O–H groups in total. The molecule has 0 aliphatic heterocycles. The molecule has 0 spiro atoms. The maximum Gasteiger partial charge on any atom is 0.0121 e. The molecule has 0 saturated carbocycles. The molecule has 0 aliphatic rings. The molecule has 0 rings (SSSR count). The lowest BCUT2D eigenvalue weighted by Crippen LogP contribution is -2.19. The Morgan fingerprint density at radius 3 is 1.38 bits per heavy atom. The average molecular weight is 200 g/mol. The van der Waals surface area contributed by atoms with Gasteiger partial charge in [0.15, 0.2) is 0 Å². The molecule has 0 radical (unpaired) electrons. The summed E-state index contributed by atoms with van der Waals surface area (Å²) in [7, 11) is 0. The predicted octanol–water partition coefficient (Wildman–Crippen LogP) is 4.32. The maximum atomic E-state index is 4.42. The molecule has 0 aromatic carbocycles. The molecular formula is C12H24S. The van der Waals surface area contributed by atoms with Crippen LogP contribution in [0.3, 0.4) is 0 Å². The Kier molecular flexibility index (Phi) is 4.11. The standard InChI is InChI=1S/C12H24S/c1-9(11(2,3)4)10(8-13)12(5,6)7/h13H,8H2,1-7H3/b10-9-. The van der Waals surface area contributed by atoms with E-state index in [2.05, 4.69) is 61.1 Å². The third-order valence-electron chi connectivity index (χ3n) is 2.64. The summed E-state index contributed by atoms with van der Waals surface area (Å²) in [5.74, 6) is 0.868. The number of thiol groups is 1. The van der Waals surface area contributed by atoms with Crippen molar-refractivity contribution >= 4 is 12.6 Å². The van der Waals surface area contributed by atoms with Crippen LogP contribution < -0.4 is 0 Å². The van der Waals surface area contributed by atoms with Crippen molar-refractivity contribution in [1.29, 1.82) is 0 Å². The van der Waals surface area contributed by atoms with Crippen LogP contribution in [0.1, 0.15) is 48.5 Å². The second kappa shape index (κ2) is 4.08. The molecule has 0 aromatic rings. The van der Waals surface area contributed by atoms with Gasteiger partial charge < -0.3 is 0 Å². The summed E-state index contributed by atoms with van der Waals surface area (Å²) in [4.78, 5) is 0. The first kappa shape index (κ1) is 13.1. The van der Waals surface area contributed by atoms with Crippen molar-refractivity contribution in [1.82, 2.24) is 0 Å². The number of allylic oxidation sites excluding steroid dienone is 1. The average Bonchev–Trinajstić information content (AvgIpc) is 1.83. The summed E-state index contributed by atoms with van der Waals surface area (Å²) in [6.07, 6.45) is 0. The Morgan fingerprint density at radius 2 is 1.31 bits per heavy atom. The van der Waals surface area contributed by atoms with Crippen LogP contribution in [0.15, 0.2) is 11.1 Å². The van der Waals surface area contributed by atoms with E-state index in [4.69, 9.17) is 0 Å². The third-order valence-corrected chi connectivity index (χ3v) is 2.96. The van der Waals surface area contributed by atoms with Crippen LogP contribution in [-0.2, 0) is 0 Å². The topological polar surface area (TPSA) is 0 Å². The van der Waals surface area contributed by atoms with Gasteiger partial charge in [-0.15, -0.1) is 0 Å². The number of hydrogen-bond donors (Lipinski definition) is 1. The van der Waals surface area contributed by atoms with E-state index in [1.807, 2.05) is 0 Å². The Morgan fingerprint density at radius 1 is 0.923 bits per heavy atom. The minimum Gasteiger partial charge on any atom is -0.175 e. The molecular weight excluding hydrogens is 176 g/mol. The molecule has 0 atom stereocenters. The molecule has 78 valence electrons. The molecule has 0 heterocycles. The minimum atomic E-state index is 0.249. The highest BCUT2D eigenvalue weighted by Crippen LogP contribution is 2.36. The monoisotopic (exact) mass is 200 g/mol. The van der Waals surface area contributed by atoms with Crippen molar-refractivity contribution in [3.05, 3.63) is 11.1 Å². The van der Waals surface area contributed by atoms with E-state index in [1.165, 1.54) is 11.1 Å². The smallest absolute Gasteiger partial charge is 0.0121 e. The number of hydrogen-bond acceptors (Lipinski definition) is 1. The third kappa shape index (κ3) is 3.76. The van der Waals surface area contributed by atoms with Crippen LogP contribution >= 0.6 is 12.6 Å². The molecule has 0 saturated heterocycles. The quantitative estimate of drug-likeness (QED) is 0.473. The van der Waals surface area contributed by atoms with Gasteiger partial charge in [0, 0.05) is 5.75 Å². The van der Waals surface area contributed by atoms with Crippen molar-refractivity contribution in [2.45, 2.75) is 48.5 Å². The lowest BCUT2D eigenvalue weighted by molar-refractivity contribution is 0.446. The summed E-state index contributed by atoms with van der Waals surface area (Å²) in [6, 6.07) is 0. The maximum absolute atomic E-state index is 4.42. The summed E-state index contributed by atoms with van der Waals surface area (Å²) in [5.41, 5.74) is 3.48. The van der Waals surface area contributed by atoms with E-state index < -0.39 is 0 Å². The minimum absolute atomic E-state index is 0.249. The van der Waals surface area contributed by atoms with E-state index in [0.29, 0.717) is 0 Å². The van der Waals surface area contributed by atoms with Crippen LogP contribution in [0.2, 0.25) is 0 Å². The molecule has 1 heteroatoms. The highest BCUT2D eigenvalue weighted by atomic mass is 32.1. The normalized spacial score (nSPS) is 15.7. The van der Waals surface area contributed by atoms with Gasteiger partial charge in [0.25, 0.3) is 0 Å². The summed E-state index contributed by atoms with van der Waals surface area (Å²) >= 11 is 4.42. The van der Waals surface area contributed by atoms with Crippen LogP contribution in [0, 0.1) is 10.8 Å². The van der Waals surface area contributed by atoms with Gasteiger partial charge >= 0.3 is 0 Å². The van der Waals surface area contributed by atoms with E-state index in [0.717, 1.165) is 5.75 Å². The Balaban J connectivity index is 5.16. The first-order chi connectivity index (χ1) is 5.60. The molecule has 0 aliphatic carbocycles. The lowest BCUT2D eigenvalue weighted by atomic mass is 9.76. The number of rotatable bonds is 1. The van der Waals surface area contributed by atoms with E-state index in [1.54, 1.807) is 0 Å². The zero-order valence-electron chi connectivity index (χ0n) is 10.2. The highest BCUT2D eigenvalue weighted by molar-refractivity contribution is 7.80. The van der Waals surface area contributed by atoms with Gasteiger partial charge in [-0.25, -0.2) is 0 Å². The SMILES string of the molecule is C/C(=C(\CS)C(C)(C)C)C(C)(C)C. The van der Waals surface area contributed by atoms with Crippen molar-refractivity contribution in [2.24, 2.45) is 10.8 Å². The largest absolute Gasteiger partial charge is 0.175 e. The molecule has 0 aromatic heterocycles. The fourth-order valence-corrected chi connectivity index (χ4v) is 2.08. The second-order valence-electron chi connectivity index (χ2n) is 5.76. The van der Waals surface area contributed by atoms with Gasteiger partial charge in [-0.05, 0) is 17.8 Å². The predicted molar refractivity (Wildman–Crippen MR) is 65.5 cm³/mol. The molecule has 0 bridgehead atoms. The zero-order valence-corrected chi connectivity index (χ0v) is 11.0. The summed E-state index contributed by atoms with van der Waals surface area (Å²) in [5, 5.41) is 0. The second-order valence-corrected chi connectivity index (χ2v) is 6.08. The Hall–Kier alpha value is 0.0900. The van der Waals surface area contributed by atoms with Crippen LogP contribution in [0.5, 0.6) is 0 Å². The van der Waals surface area contributed by atoms with Crippen molar-refractivity contribution in [3.63, 3.8) is 0 Å². The van der Waals surface area contributed by atoms with Crippen molar-refractivity contribution in [2.75, 3.05) is 5.75 Å². The van der Waals surface area contributed by atoms with Gasteiger partial charge in [-0.2, -0.15) is 12.6 Å². The van der Waals surface area contributed by atoms with Gasteiger partial charge in [-0.3, -0.25) is 0 Å². The molecule has 0 amide bonds. The Labute approximate surface area is 89.2 Å². The van der Waals surface area contributed by atoms with E-state index in [-0.39, 0.29) is 10.8 Å². The van der Waals surface area contributed by atoms with E-state index in [9.17, 15) is 0 Å². The summed E-state index contributed by atoms with van der Waals surface area (Å²) in [6.45, 7) is 15.8. The molecule has 0 fully saturated rings. The fourth-order valence-electron chi connectivity index (χ4n) is 1.37. The van der Waals surface area contributed by atoms with Crippen LogP contribution in [0.25, 0.3) is 0 Å². The van der Waals surface area contributed by atoms with Crippen molar-refractivity contribution in [3.8, 4) is 0 Å². The molecule has 0 nitrogen and oxygen atoms in total. The first-order valence-electron chi connectivity index (χ1n) is 4.92. The highest BCUT2D eigenvalue weighted by Gasteiger charge is 2.23. The zero-order chi connectivity index (χ0) is 10.9. The summed E-state index contributed by atoms with van der Waals surface area (Å²) < 4.78 is 0. The van der Waals surface area contributed by atoms with Gasteiger partial charge in [0.2, 0.25) is 0 Å². The van der Waals surface area contributed by atoms with Gasteiger partial charge in [-0.1, -0.05) is 52.7 Å². The van der Waals surface area contributed by atoms with Crippen LogP contribution in [-0.4, -0.2) is 5.75 Å². The van der Waals surface area contributed by atoms with E-state index >= 15 is 0 Å². The van der Waals surface area contributed by atoms with Crippen LogP contribution in [0.4, 0.5) is 0 Å².